The van der Waals surface area contributed by atoms with E-state index in [4.69, 9.17) is 5.11 Å². The lowest BCUT2D eigenvalue weighted by Crippen LogP contribution is -2.01. The van der Waals surface area contributed by atoms with Gasteiger partial charge in [-0.05, 0) is 12.0 Å². The van der Waals surface area contributed by atoms with E-state index in [0.29, 0.717) is 6.42 Å². The maximum atomic E-state index is 9.58. The molecule has 2 N–H and O–H groups in total. The Balaban J connectivity index is 2.66. The third kappa shape index (κ3) is 3.21. The van der Waals surface area contributed by atoms with Crippen LogP contribution in [0.1, 0.15) is 25.0 Å². The lowest BCUT2D eigenvalue weighted by atomic mass is 10.1. The maximum Gasteiger partial charge on any atom is 0.140 e. The predicted molar refractivity (Wildman–Crippen MR) is 55.5 cm³/mol. The molecule has 14 heavy (non-hydrogen) atoms. The summed E-state index contributed by atoms with van der Waals surface area (Å²) in [4.78, 5) is 0. The first-order chi connectivity index (χ1) is 6.74. The molecule has 0 aliphatic carbocycles. The Morgan fingerprint density at radius 1 is 1.14 bits per heavy atom. The van der Waals surface area contributed by atoms with Gasteiger partial charge in [0.2, 0.25) is 0 Å². The molecule has 0 saturated carbocycles. The third-order valence-corrected chi connectivity index (χ3v) is 1.89. The average Bonchev–Trinajstić information content (AvgIpc) is 2.26. The van der Waals surface area contributed by atoms with Gasteiger partial charge in [0.25, 0.3) is 0 Å². The van der Waals surface area contributed by atoms with Gasteiger partial charge < -0.3 is 10.2 Å². The molecule has 0 unspecified atom stereocenters. The summed E-state index contributed by atoms with van der Waals surface area (Å²) in [5.41, 5.74) is 0.753. The molecule has 2 heteroatoms. The van der Waals surface area contributed by atoms with Crippen molar-refractivity contribution in [3.63, 3.8) is 0 Å². The average molecular weight is 190 g/mol. The Morgan fingerprint density at radius 2 is 1.79 bits per heavy atom. The highest BCUT2D eigenvalue weighted by Gasteiger charge is 2.01. The summed E-state index contributed by atoms with van der Waals surface area (Å²) in [7, 11) is 0. The van der Waals surface area contributed by atoms with E-state index >= 15 is 0 Å². The van der Waals surface area contributed by atoms with Gasteiger partial charge in [-0.3, -0.25) is 0 Å². The molecule has 0 saturated heterocycles. The molecule has 0 spiro atoms. The Hall–Kier alpha value is -1.30. The van der Waals surface area contributed by atoms with E-state index in [9.17, 15) is 5.11 Å². The molecule has 0 heterocycles. The van der Waals surface area contributed by atoms with Crippen LogP contribution in [0, 0.1) is 11.8 Å². The largest absolute Gasteiger partial charge is 0.380 e. The molecule has 0 fully saturated rings. The second-order valence-electron chi connectivity index (χ2n) is 3.03. The molecule has 1 aromatic carbocycles. The van der Waals surface area contributed by atoms with Crippen molar-refractivity contribution in [2.24, 2.45) is 0 Å². The van der Waals surface area contributed by atoms with Gasteiger partial charge in [-0.1, -0.05) is 49.1 Å². The Bertz CT molecular complexity index is 321. The van der Waals surface area contributed by atoms with Crippen LogP contribution in [0.25, 0.3) is 0 Å². The first-order valence-electron chi connectivity index (χ1n) is 4.66. The lowest BCUT2D eigenvalue weighted by Gasteiger charge is -2.02. The second kappa shape index (κ2) is 5.43. The van der Waals surface area contributed by atoms with E-state index < -0.39 is 12.2 Å². The summed E-state index contributed by atoms with van der Waals surface area (Å²) < 4.78 is 0. The summed E-state index contributed by atoms with van der Waals surface area (Å²) in [5.74, 6) is 5.19. The van der Waals surface area contributed by atoms with Crippen LogP contribution in [0.2, 0.25) is 0 Å². The van der Waals surface area contributed by atoms with Crippen molar-refractivity contribution in [3.05, 3.63) is 35.9 Å². The summed E-state index contributed by atoms with van der Waals surface area (Å²) >= 11 is 0. The van der Waals surface area contributed by atoms with Crippen LogP contribution >= 0.6 is 0 Å². The summed E-state index contributed by atoms with van der Waals surface area (Å²) in [6.07, 6.45) is -0.875. The highest BCUT2D eigenvalue weighted by molar-refractivity contribution is 5.25. The van der Waals surface area contributed by atoms with Gasteiger partial charge in [-0.25, -0.2) is 0 Å². The van der Waals surface area contributed by atoms with E-state index in [0.717, 1.165) is 5.56 Å². The molecule has 0 aliphatic heterocycles. The van der Waals surface area contributed by atoms with E-state index in [2.05, 4.69) is 11.8 Å². The van der Waals surface area contributed by atoms with Gasteiger partial charge >= 0.3 is 0 Å². The van der Waals surface area contributed by atoms with E-state index in [1.165, 1.54) is 0 Å². The van der Waals surface area contributed by atoms with Crippen molar-refractivity contribution in [1.29, 1.82) is 0 Å². The predicted octanol–water partition coefficient (Wildman–Crippen LogP) is 1.49. The Morgan fingerprint density at radius 3 is 2.36 bits per heavy atom. The monoisotopic (exact) mass is 190 g/mol. The van der Waals surface area contributed by atoms with Gasteiger partial charge in [-0.2, -0.15) is 0 Å². The van der Waals surface area contributed by atoms with E-state index in [1.807, 2.05) is 25.1 Å². The van der Waals surface area contributed by atoms with Crippen molar-refractivity contribution in [2.75, 3.05) is 0 Å². The minimum Gasteiger partial charge on any atom is -0.380 e. The fourth-order valence-corrected chi connectivity index (χ4v) is 0.996. The zero-order chi connectivity index (χ0) is 10.4. The standard InChI is InChI=1S/C12H14O2/c1-2-11(13)8-9-12(14)10-6-4-3-5-7-10/h3-7,11-14H,2H2,1H3/t11-,12-/m0/s1. The fourth-order valence-electron chi connectivity index (χ4n) is 0.996. The van der Waals surface area contributed by atoms with Gasteiger partial charge in [0.1, 0.15) is 12.2 Å². The third-order valence-electron chi connectivity index (χ3n) is 1.89. The van der Waals surface area contributed by atoms with Crippen LogP contribution in [0.4, 0.5) is 0 Å². The molecule has 0 amide bonds. The number of aliphatic hydroxyl groups excluding tert-OH is 2. The number of aliphatic hydroxyl groups is 2. The molecule has 1 rings (SSSR count). The summed E-state index contributed by atoms with van der Waals surface area (Å²) in [5, 5.41) is 18.7. The quantitative estimate of drug-likeness (QED) is 0.694. The maximum absolute atomic E-state index is 9.58. The lowest BCUT2D eigenvalue weighted by molar-refractivity contribution is 0.221. The van der Waals surface area contributed by atoms with Crippen LogP contribution in [-0.2, 0) is 0 Å². The fraction of sp³-hybridized carbons (Fsp3) is 0.333. The SMILES string of the molecule is CC[C@H](O)C#C[C@H](O)c1ccccc1. The zero-order valence-electron chi connectivity index (χ0n) is 8.14. The van der Waals surface area contributed by atoms with Crippen LogP contribution in [0.5, 0.6) is 0 Å². The minimum atomic E-state index is -0.808. The van der Waals surface area contributed by atoms with Crippen LogP contribution in [0.15, 0.2) is 30.3 Å². The van der Waals surface area contributed by atoms with Gasteiger partial charge in [0.05, 0.1) is 0 Å². The van der Waals surface area contributed by atoms with Crippen LogP contribution in [-0.4, -0.2) is 16.3 Å². The molecular weight excluding hydrogens is 176 g/mol. The number of hydrogen-bond donors (Lipinski definition) is 2. The Labute approximate surface area is 84.2 Å². The topological polar surface area (TPSA) is 40.5 Å². The minimum absolute atomic E-state index is 0.578. The van der Waals surface area contributed by atoms with Crippen LogP contribution < -0.4 is 0 Å². The first-order valence-corrected chi connectivity index (χ1v) is 4.66. The van der Waals surface area contributed by atoms with Crippen molar-refractivity contribution in [3.8, 4) is 11.8 Å². The molecular formula is C12H14O2. The zero-order valence-corrected chi connectivity index (χ0v) is 8.14. The van der Waals surface area contributed by atoms with Crippen molar-refractivity contribution >= 4 is 0 Å². The van der Waals surface area contributed by atoms with Crippen molar-refractivity contribution in [2.45, 2.75) is 25.6 Å². The molecule has 2 atom stereocenters. The highest BCUT2D eigenvalue weighted by atomic mass is 16.3. The number of hydrogen-bond acceptors (Lipinski definition) is 2. The summed E-state index contributed by atoms with van der Waals surface area (Å²) in [6, 6.07) is 9.17. The molecule has 1 aromatic rings. The number of benzene rings is 1. The Kier molecular flexibility index (Phi) is 4.18. The molecule has 2 nitrogen and oxygen atoms in total. The van der Waals surface area contributed by atoms with Gasteiger partial charge in [-0.15, -0.1) is 0 Å². The highest BCUT2D eigenvalue weighted by Crippen LogP contribution is 2.10. The normalized spacial score (nSPS) is 13.9. The van der Waals surface area contributed by atoms with Crippen molar-refractivity contribution < 1.29 is 10.2 Å². The molecule has 0 aromatic heterocycles. The van der Waals surface area contributed by atoms with E-state index in [-0.39, 0.29) is 0 Å². The summed E-state index contributed by atoms with van der Waals surface area (Å²) in [6.45, 7) is 1.84. The number of rotatable bonds is 2. The molecule has 74 valence electrons. The van der Waals surface area contributed by atoms with Crippen molar-refractivity contribution in [1.82, 2.24) is 0 Å². The smallest absolute Gasteiger partial charge is 0.140 e. The molecule has 0 radical (unpaired) electrons. The van der Waals surface area contributed by atoms with Crippen LogP contribution in [0.3, 0.4) is 0 Å². The molecule has 0 aliphatic rings. The first kappa shape index (κ1) is 10.8. The second-order valence-corrected chi connectivity index (χ2v) is 3.03. The van der Waals surface area contributed by atoms with Gasteiger partial charge in [0, 0.05) is 0 Å². The van der Waals surface area contributed by atoms with Gasteiger partial charge in [0.15, 0.2) is 0 Å². The van der Waals surface area contributed by atoms with E-state index in [1.54, 1.807) is 12.1 Å². The molecule has 0 bridgehead atoms.